The van der Waals surface area contributed by atoms with Crippen LogP contribution in [0.2, 0.25) is 5.02 Å². The van der Waals surface area contributed by atoms with Crippen LogP contribution in [0.4, 0.5) is 0 Å². The van der Waals surface area contributed by atoms with E-state index in [0.29, 0.717) is 23.4 Å². The van der Waals surface area contributed by atoms with Gasteiger partial charge in [-0.15, -0.1) is 0 Å². The maximum Gasteiger partial charge on any atom is 0.247 e. The molecule has 1 heterocycles. The average Bonchev–Trinajstić information content (AvgIpc) is 3.63. The molecule has 1 aliphatic heterocycles. The zero-order valence-corrected chi connectivity index (χ0v) is 25.0. The van der Waals surface area contributed by atoms with E-state index < -0.39 is 54.7 Å². The molecular formula is C31H37ClN2O10. The first-order valence-electron chi connectivity index (χ1n) is 14.4. The van der Waals surface area contributed by atoms with Crippen molar-refractivity contribution in [2.45, 2.75) is 82.1 Å². The van der Waals surface area contributed by atoms with Crippen LogP contribution in [0.15, 0.2) is 53.2 Å². The monoisotopic (exact) mass is 632 g/mol. The molecule has 9 atom stereocenters. The number of nitrogens with one attached hydrogen (secondary N) is 1. The molecule has 0 bridgehead atoms. The second kappa shape index (κ2) is 13.8. The smallest absolute Gasteiger partial charge is 0.247 e. The van der Waals surface area contributed by atoms with E-state index in [4.69, 9.17) is 30.6 Å². The normalized spacial score (nSPS) is 32.3. The SMILES string of the molecule is C/C(=C\c1ccc(O[C@@H]2C[C@H](/C(C)=N/OCc3cccc(Cl)c3)C[C@@H]2O)c(O)c1)C(=O)N[C@@H]1[C@H](O)[C@@H](O)[C@H]2OCO[C@H]2[C@@H]1O. The Labute approximate surface area is 259 Å². The maximum atomic E-state index is 12.9. The number of aromatic hydroxyl groups is 1. The fourth-order valence-electron chi connectivity index (χ4n) is 5.78. The summed E-state index contributed by atoms with van der Waals surface area (Å²) in [7, 11) is 0. The Balaban J connectivity index is 1.16. The van der Waals surface area contributed by atoms with Gasteiger partial charge in [-0.2, -0.15) is 0 Å². The molecule has 0 aromatic heterocycles. The number of oxime groups is 1. The first-order valence-corrected chi connectivity index (χ1v) is 14.7. The quantitative estimate of drug-likeness (QED) is 0.136. The summed E-state index contributed by atoms with van der Waals surface area (Å²) in [4.78, 5) is 18.3. The van der Waals surface area contributed by atoms with E-state index in [2.05, 4.69) is 10.5 Å². The minimum atomic E-state index is -1.47. The van der Waals surface area contributed by atoms with Gasteiger partial charge < -0.3 is 49.9 Å². The summed E-state index contributed by atoms with van der Waals surface area (Å²) >= 11 is 6.00. The van der Waals surface area contributed by atoms with Crippen LogP contribution < -0.4 is 10.1 Å². The zero-order chi connectivity index (χ0) is 31.5. The number of aliphatic hydroxyl groups excluding tert-OH is 4. The Kier molecular flexibility index (Phi) is 10.1. The van der Waals surface area contributed by atoms with Gasteiger partial charge in [-0.3, -0.25) is 4.79 Å². The van der Waals surface area contributed by atoms with Crippen molar-refractivity contribution in [2.75, 3.05) is 6.79 Å². The van der Waals surface area contributed by atoms with Gasteiger partial charge in [0.1, 0.15) is 50.0 Å². The lowest BCUT2D eigenvalue weighted by Crippen LogP contribution is -2.67. The van der Waals surface area contributed by atoms with Crippen molar-refractivity contribution >= 4 is 29.3 Å². The third-order valence-electron chi connectivity index (χ3n) is 8.30. The van der Waals surface area contributed by atoms with Crippen molar-refractivity contribution in [1.29, 1.82) is 0 Å². The van der Waals surface area contributed by atoms with Gasteiger partial charge in [0, 0.05) is 16.5 Å². The number of phenols is 1. The average molecular weight is 633 g/mol. The van der Waals surface area contributed by atoms with Crippen LogP contribution >= 0.6 is 11.6 Å². The van der Waals surface area contributed by atoms with Crippen LogP contribution in [0.5, 0.6) is 11.5 Å². The number of halogens is 1. The number of carbonyl (C=O) groups is 1. The standard InChI is InChI=1S/C31H37ClN2O10/c1-15(31(40)33-25-26(37)28(39)30-29(27(25)38)41-14-42-30)8-17-6-7-23(21(35)10-17)44-24-12-19(11-22(24)36)16(2)34-43-13-18-4-3-5-20(32)9-18/h3-10,19,22,24-30,35-39H,11-14H2,1-2H3,(H,33,40)/b15-8+,34-16+/t19-,22+,24-,25-,26+,27-,28-,29+,30-/m1/s1. The lowest BCUT2D eigenvalue weighted by atomic mass is 9.83. The lowest BCUT2D eigenvalue weighted by molar-refractivity contribution is -0.155. The molecule has 1 amide bonds. The topological polar surface area (TPSA) is 180 Å². The van der Waals surface area contributed by atoms with Crippen LogP contribution in [-0.2, 0) is 25.7 Å². The van der Waals surface area contributed by atoms with Crippen molar-refractivity contribution < 1.29 is 49.4 Å². The highest BCUT2D eigenvalue weighted by Gasteiger charge is 2.53. The van der Waals surface area contributed by atoms with Gasteiger partial charge in [-0.1, -0.05) is 35.0 Å². The first-order chi connectivity index (χ1) is 21.0. The molecule has 3 fully saturated rings. The predicted octanol–water partition coefficient (Wildman–Crippen LogP) is 1.88. The number of rotatable bonds is 9. The fraction of sp³-hybridized carbons (Fsp3) is 0.484. The fourth-order valence-corrected chi connectivity index (χ4v) is 5.99. The number of amides is 1. The molecule has 3 aliphatic rings. The molecule has 0 spiro atoms. The number of nitrogens with zero attached hydrogens (tertiary/aromatic N) is 1. The van der Waals surface area contributed by atoms with Crippen molar-refractivity contribution in [3.05, 3.63) is 64.2 Å². The molecule has 0 unspecified atom stereocenters. The van der Waals surface area contributed by atoms with Crippen LogP contribution in [-0.4, -0.2) is 92.7 Å². The highest BCUT2D eigenvalue weighted by Crippen LogP contribution is 2.35. The van der Waals surface area contributed by atoms with Gasteiger partial charge in [-0.25, -0.2) is 0 Å². The second-order valence-electron chi connectivity index (χ2n) is 11.4. The van der Waals surface area contributed by atoms with Gasteiger partial charge in [0.05, 0.1) is 17.9 Å². The van der Waals surface area contributed by atoms with Crippen LogP contribution in [0.3, 0.4) is 0 Å². The third-order valence-corrected chi connectivity index (χ3v) is 8.53. The number of ether oxygens (including phenoxy) is 3. The Morgan fingerprint density at radius 2 is 1.80 bits per heavy atom. The Bertz CT molecular complexity index is 1400. The molecule has 5 rings (SSSR count). The molecule has 2 aliphatic carbocycles. The molecule has 44 heavy (non-hydrogen) atoms. The molecule has 12 nitrogen and oxygen atoms in total. The van der Waals surface area contributed by atoms with Crippen molar-refractivity contribution in [1.82, 2.24) is 5.32 Å². The van der Waals surface area contributed by atoms with Gasteiger partial charge >= 0.3 is 0 Å². The molecule has 2 saturated carbocycles. The van der Waals surface area contributed by atoms with Crippen molar-refractivity contribution in [2.24, 2.45) is 11.1 Å². The lowest BCUT2D eigenvalue weighted by Gasteiger charge is -2.41. The Morgan fingerprint density at radius 3 is 2.52 bits per heavy atom. The first kappa shape index (κ1) is 32.2. The number of hydrogen-bond donors (Lipinski definition) is 6. The number of benzene rings is 2. The van der Waals surface area contributed by atoms with Crippen LogP contribution in [0.1, 0.15) is 37.8 Å². The van der Waals surface area contributed by atoms with Gasteiger partial charge in [0.15, 0.2) is 11.5 Å². The molecule has 1 saturated heterocycles. The number of aliphatic hydroxyl groups is 4. The maximum absolute atomic E-state index is 12.9. The van der Waals surface area contributed by atoms with E-state index in [0.717, 1.165) is 11.3 Å². The van der Waals surface area contributed by atoms with Gasteiger partial charge in [-0.05, 0) is 68.2 Å². The predicted molar refractivity (Wildman–Crippen MR) is 159 cm³/mol. The summed E-state index contributed by atoms with van der Waals surface area (Å²) in [5, 5.41) is 60.0. The van der Waals surface area contributed by atoms with Gasteiger partial charge in [0.25, 0.3) is 0 Å². The molecule has 2 aromatic rings. The number of hydrogen-bond acceptors (Lipinski definition) is 11. The van der Waals surface area contributed by atoms with E-state index in [9.17, 15) is 30.3 Å². The minimum Gasteiger partial charge on any atom is -0.504 e. The van der Waals surface area contributed by atoms with Gasteiger partial charge in [0.2, 0.25) is 5.91 Å². The molecule has 6 N–H and O–H groups in total. The Morgan fingerprint density at radius 1 is 1.05 bits per heavy atom. The minimum absolute atomic E-state index is 0.0687. The zero-order valence-electron chi connectivity index (χ0n) is 24.2. The largest absolute Gasteiger partial charge is 0.504 e. The molecule has 13 heteroatoms. The van der Waals surface area contributed by atoms with E-state index in [-0.39, 0.29) is 36.4 Å². The van der Waals surface area contributed by atoms with E-state index in [1.54, 1.807) is 24.3 Å². The van der Waals surface area contributed by atoms with E-state index in [1.807, 2.05) is 19.1 Å². The molecule has 0 radical (unpaired) electrons. The summed E-state index contributed by atoms with van der Waals surface area (Å²) < 4.78 is 16.5. The molecule has 238 valence electrons. The number of phenolic OH excluding ortho intramolecular Hbond substituents is 1. The summed E-state index contributed by atoms with van der Waals surface area (Å²) in [5.74, 6) is -0.660. The van der Waals surface area contributed by atoms with Crippen LogP contribution in [0, 0.1) is 5.92 Å². The summed E-state index contributed by atoms with van der Waals surface area (Å²) in [5.41, 5.74) is 2.33. The number of fused-ring (bicyclic) bond motifs is 1. The summed E-state index contributed by atoms with van der Waals surface area (Å²) in [6, 6.07) is 10.7. The third kappa shape index (κ3) is 7.18. The highest BCUT2D eigenvalue weighted by atomic mass is 35.5. The van der Waals surface area contributed by atoms with E-state index in [1.165, 1.54) is 19.1 Å². The van der Waals surface area contributed by atoms with Crippen molar-refractivity contribution in [3.8, 4) is 11.5 Å². The van der Waals surface area contributed by atoms with Crippen LogP contribution in [0.25, 0.3) is 6.08 Å². The molecular weight excluding hydrogens is 596 g/mol. The van der Waals surface area contributed by atoms with E-state index >= 15 is 0 Å². The van der Waals surface area contributed by atoms with Crippen molar-refractivity contribution in [3.63, 3.8) is 0 Å². The second-order valence-corrected chi connectivity index (χ2v) is 11.9. The summed E-state index contributed by atoms with van der Waals surface area (Å²) in [6.45, 7) is 3.50. The summed E-state index contributed by atoms with van der Waals surface area (Å²) in [6.07, 6.45) is -4.80. The number of carbonyl (C=O) groups excluding carboxylic acids is 1. The Hall–Kier alpha value is -3.23. The molecule has 2 aromatic carbocycles. The highest BCUT2D eigenvalue weighted by molar-refractivity contribution is 6.30.